The lowest BCUT2D eigenvalue weighted by atomic mass is 9.98. The Kier molecular flexibility index (Phi) is 12.5. The van der Waals surface area contributed by atoms with E-state index < -0.39 is 0 Å². The summed E-state index contributed by atoms with van der Waals surface area (Å²) >= 11 is 0. The molecule has 0 fully saturated rings. The molecule has 5 rings (SSSR count). The molecule has 0 radical (unpaired) electrons. The van der Waals surface area contributed by atoms with Crippen molar-refractivity contribution in [2.45, 2.75) is 26.4 Å². The van der Waals surface area contributed by atoms with Crippen molar-refractivity contribution in [2.75, 3.05) is 44.8 Å². The third-order valence-corrected chi connectivity index (χ3v) is 8.03. The third kappa shape index (κ3) is 9.36. The fourth-order valence-electron chi connectivity index (χ4n) is 5.83. The first-order valence-corrected chi connectivity index (χ1v) is 16.4. The molecular weight excluding hydrogens is 640 g/mol. The van der Waals surface area contributed by atoms with Crippen molar-refractivity contribution in [1.29, 1.82) is 0 Å². The maximum absolute atomic E-state index is 6.16. The van der Waals surface area contributed by atoms with Crippen LogP contribution in [0.15, 0.2) is 90.9 Å². The molecule has 0 spiro atoms. The summed E-state index contributed by atoms with van der Waals surface area (Å²) in [6.45, 7) is 8.45. The van der Waals surface area contributed by atoms with E-state index in [0.29, 0.717) is 56.0 Å². The van der Waals surface area contributed by atoms with Gasteiger partial charge in [0.1, 0.15) is 60.9 Å². The molecule has 0 aliphatic carbocycles. The van der Waals surface area contributed by atoms with Crippen LogP contribution in [0.4, 0.5) is 5.69 Å². The number of hydrogen-bond donors (Lipinski definition) is 0. The lowest BCUT2D eigenvalue weighted by Crippen LogP contribution is -2.32. The summed E-state index contributed by atoms with van der Waals surface area (Å²) in [6, 6.07) is 17.5. The van der Waals surface area contributed by atoms with Gasteiger partial charge in [-0.15, -0.1) is 25.7 Å². The Morgan fingerprint density at radius 3 is 2.08 bits per heavy atom. The molecule has 2 aliphatic rings. The molecule has 0 N–H and O–H groups in total. The number of ether oxygens (including phenoxy) is 6. The van der Waals surface area contributed by atoms with Crippen LogP contribution in [0.5, 0.6) is 28.7 Å². The Morgan fingerprint density at radius 2 is 1.43 bits per heavy atom. The number of allylic oxidation sites excluding steroid dienone is 3. The quantitative estimate of drug-likeness (QED) is 0.0998. The number of fused-ring (bicyclic) bond motifs is 2. The number of nitrogens with zero attached hydrogens (tertiary/aromatic N) is 2. The maximum atomic E-state index is 6.16. The predicted octanol–water partition coefficient (Wildman–Crippen LogP) is 6.71. The lowest BCUT2D eigenvalue weighted by Gasteiger charge is -2.33. The fourth-order valence-corrected chi connectivity index (χ4v) is 5.83. The summed E-state index contributed by atoms with van der Waals surface area (Å²) in [5.74, 6) is 14.4. The first-order valence-electron chi connectivity index (χ1n) is 16.4. The molecule has 3 aromatic carbocycles. The van der Waals surface area contributed by atoms with Gasteiger partial charge in [-0.25, -0.2) is 0 Å². The summed E-state index contributed by atoms with van der Waals surface area (Å²) in [6.07, 6.45) is 28.3. The molecule has 0 saturated carbocycles. The van der Waals surface area contributed by atoms with Crippen molar-refractivity contribution in [1.82, 2.24) is 4.90 Å². The molecule has 0 amide bonds. The summed E-state index contributed by atoms with van der Waals surface area (Å²) < 4.78 is 35.7. The van der Waals surface area contributed by atoms with Crippen LogP contribution in [0, 0.1) is 55.3 Å². The highest BCUT2D eigenvalue weighted by molar-refractivity contribution is 5.62. The van der Waals surface area contributed by atoms with Crippen LogP contribution in [-0.2, 0) is 24.2 Å². The van der Waals surface area contributed by atoms with Gasteiger partial charge in [0, 0.05) is 11.1 Å². The molecule has 0 aromatic heterocycles. The molecule has 1 atom stereocenters. The van der Waals surface area contributed by atoms with Gasteiger partial charge in [-0.05, 0) is 78.6 Å². The van der Waals surface area contributed by atoms with Gasteiger partial charge >= 0.3 is 0 Å². The van der Waals surface area contributed by atoms with Gasteiger partial charge in [0.25, 0.3) is 0 Å². The second-order valence-corrected chi connectivity index (χ2v) is 11.8. The summed E-state index contributed by atoms with van der Waals surface area (Å²) in [5.41, 5.74) is 4.67. The van der Waals surface area contributed by atoms with E-state index in [1.807, 2.05) is 54.6 Å². The van der Waals surface area contributed by atoms with Crippen molar-refractivity contribution in [3.8, 4) is 78.1 Å². The minimum atomic E-state index is 0.0345. The smallest absolute Gasteiger partial charge is 0.161 e. The molecule has 8 heteroatoms. The first-order chi connectivity index (χ1) is 25.0. The van der Waals surface area contributed by atoms with Crippen molar-refractivity contribution < 1.29 is 28.4 Å². The fraction of sp³-hybridized carbons (Fsp3) is 0.256. The average molecular weight is 681 g/mol. The van der Waals surface area contributed by atoms with Crippen LogP contribution in [-0.4, -0.2) is 44.8 Å². The van der Waals surface area contributed by atoms with E-state index in [2.05, 4.69) is 59.1 Å². The predicted molar refractivity (Wildman–Crippen MR) is 199 cm³/mol. The normalized spacial score (nSPS) is 14.1. The number of hydrogen-bond acceptors (Lipinski definition) is 8. The van der Waals surface area contributed by atoms with Crippen molar-refractivity contribution in [3.05, 3.63) is 108 Å². The Balaban J connectivity index is 1.38. The van der Waals surface area contributed by atoms with E-state index in [4.69, 9.17) is 54.1 Å². The highest BCUT2D eigenvalue weighted by Crippen LogP contribution is 2.37. The Hall–Kier alpha value is -6.48. The molecule has 1 unspecified atom stereocenters. The van der Waals surface area contributed by atoms with Gasteiger partial charge in [-0.1, -0.05) is 49.3 Å². The van der Waals surface area contributed by atoms with Gasteiger partial charge in [-0.2, -0.15) is 0 Å². The van der Waals surface area contributed by atoms with E-state index in [9.17, 15) is 0 Å². The van der Waals surface area contributed by atoms with E-state index in [1.54, 1.807) is 6.08 Å². The van der Waals surface area contributed by atoms with E-state index in [1.165, 1.54) is 0 Å². The zero-order chi connectivity index (χ0) is 36.0. The van der Waals surface area contributed by atoms with Crippen LogP contribution in [0.2, 0.25) is 0 Å². The molecule has 51 heavy (non-hydrogen) atoms. The molecular formula is C43H40N2O6. The Morgan fingerprint density at radius 1 is 0.804 bits per heavy atom. The second kappa shape index (κ2) is 17.8. The van der Waals surface area contributed by atoms with Crippen molar-refractivity contribution in [3.63, 3.8) is 0 Å². The van der Waals surface area contributed by atoms with Gasteiger partial charge in [0.05, 0.1) is 24.5 Å². The molecule has 0 saturated heterocycles. The molecule has 8 nitrogen and oxygen atoms in total. The van der Waals surface area contributed by atoms with Gasteiger partial charge in [0.15, 0.2) is 13.5 Å². The van der Waals surface area contributed by atoms with Gasteiger partial charge in [-0.3, -0.25) is 0 Å². The SMILES string of the molecule is C#CCOC(=C/C(C)Cc1ccc(OCC#C)c(N2COc3ccc(OCC#C)cc3C2)c1)/C(=C\C=C)N1COc2ccc(OCC#C)cc2C1. The summed E-state index contributed by atoms with van der Waals surface area (Å²) in [7, 11) is 0. The first kappa shape index (κ1) is 35.8. The van der Waals surface area contributed by atoms with E-state index in [0.717, 1.165) is 39.6 Å². The highest BCUT2D eigenvalue weighted by atomic mass is 16.5. The van der Waals surface area contributed by atoms with Crippen molar-refractivity contribution in [2.24, 2.45) is 5.92 Å². The molecule has 2 aliphatic heterocycles. The van der Waals surface area contributed by atoms with Crippen LogP contribution in [0.25, 0.3) is 0 Å². The standard InChI is InChI=1S/C43H40N2O6/c1-7-12-38(44-28-34-26-36(46-19-8-2)14-17-40(34)50-30-44)43(49-22-11-5)24-32(6)23-33-13-16-42(48-21-10-4)39(25-33)45-29-35-27-37(47-20-9-3)15-18-41(35)51-31-45/h2-5,7,12-18,24-27,32H,1,19-23,28-31H2,6H3/b38-12+,43-24+. The van der Waals surface area contributed by atoms with Crippen LogP contribution < -0.4 is 28.6 Å². The van der Waals surface area contributed by atoms with Gasteiger partial charge < -0.3 is 38.2 Å². The van der Waals surface area contributed by atoms with Crippen LogP contribution in [0.1, 0.15) is 23.6 Å². The molecule has 2 heterocycles. The highest BCUT2D eigenvalue weighted by Gasteiger charge is 2.25. The number of benzene rings is 3. The molecule has 0 bridgehead atoms. The summed E-state index contributed by atoms with van der Waals surface area (Å²) in [5, 5.41) is 0. The minimum absolute atomic E-state index is 0.0345. The topological polar surface area (TPSA) is 61.9 Å². The van der Waals surface area contributed by atoms with Gasteiger partial charge in [0.2, 0.25) is 0 Å². The van der Waals surface area contributed by atoms with Crippen LogP contribution >= 0.6 is 0 Å². The largest absolute Gasteiger partial charge is 0.481 e. The minimum Gasteiger partial charge on any atom is -0.481 e. The molecule has 3 aromatic rings. The zero-order valence-electron chi connectivity index (χ0n) is 28.7. The average Bonchev–Trinajstić information content (AvgIpc) is 3.15. The van der Waals surface area contributed by atoms with Crippen LogP contribution in [0.3, 0.4) is 0 Å². The number of terminal acetylenes is 4. The Bertz CT molecular complexity index is 1950. The second-order valence-electron chi connectivity index (χ2n) is 11.8. The van der Waals surface area contributed by atoms with Crippen molar-refractivity contribution >= 4 is 5.69 Å². The van der Waals surface area contributed by atoms with E-state index >= 15 is 0 Å². The Labute approximate surface area is 301 Å². The maximum Gasteiger partial charge on any atom is 0.161 e. The zero-order valence-corrected chi connectivity index (χ0v) is 28.7. The lowest BCUT2D eigenvalue weighted by molar-refractivity contribution is 0.116. The summed E-state index contributed by atoms with van der Waals surface area (Å²) in [4.78, 5) is 4.17. The number of rotatable bonds is 15. The van der Waals surface area contributed by atoms with E-state index in [-0.39, 0.29) is 32.3 Å². The monoisotopic (exact) mass is 680 g/mol. The third-order valence-electron chi connectivity index (χ3n) is 8.03. The number of anilines is 1. The molecule has 258 valence electrons.